The molecule has 28 heavy (non-hydrogen) atoms. The van der Waals surface area contributed by atoms with Crippen molar-refractivity contribution >= 4 is 21.8 Å². The van der Waals surface area contributed by atoms with Crippen molar-refractivity contribution in [3.8, 4) is 0 Å². The van der Waals surface area contributed by atoms with Crippen LogP contribution in [0, 0.1) is 12.7 Å². The molecule has 0 saturated carbocycles. The molecule has 1 aliphatic heterocycles. The van der Waals surface area contributed by atoms with E-state index in [-0.39, 0.29) is 28.4 Å². The Morgan fingerprint density at radius 2 is 1.89 bits per heavy atom. The molecule has 5 nitrogen and oxygen atoms in total. The number of alkyl halides is 3. The van der Waals surface area contributed by atoms with Crippen LogP contribution in [0.4, 0.5) is 17.6 Å². The largest absolute Gasteiger partial charge is 0.436 e. The van der Waals surface area contributed by atoms with E-state index in [9.17, 15) is 22.4 Å². The fourth-order valence-corrected chi connectivity index (χ4v) is 3.65. The molecule has 1 aromatic carbocycles. The summed E-state index contributed by atoms with van der Waals surface area (Å²) in [6, 6.07) is 6.37. The van der Waals surface area contributed by atoms with Gasteiger partial charge in [-0.2, -0.15) is 18.3 Å². The standard InChI is InChI=1S/C18H19BrF4N4O/c1-12-16(19)17(18(21,22)23)24-27(12)11-15(28)26-7-5-25(6-8-26)10-13-3-2-4-14(20)9-13/h2-4,9H,5-8,10-11H2,1H3. The highest BCUT2D eigenvalue weighted by Gasteiger charge is 2.38. The van der Waals surface area contributed by atoms with Gasteiger partial charge >= 0.3 is 6.18 Å². The second kappa shape index (κ2) is 8.20. The first kappa shape index (κ1) is 20.8. The van der Waals surface area contributed by atoms with Crippen molar-refractivity contribution in [2.45, 2.75) is 26.2 Å². The molecule has 0 unspecified atom stereocenters. The van der Waals surface area contributed by atoms with E-state index in [1.54, 1.807) is 11.0 Å². The Balaban J connectivity index is 1.57. The van der Waals surface area contributed by atoms with Gasteiger partial charge in [0.1, 0.15) is 12.4 Å². The summed E-state index contributed by atoms with van der Waals surface area (Å²) in [5.74, 6) is -0.567. The summed E-state index contributed by atoms with van der Waals surface area (Å²) in [6.07, 6.45) is -4.58. The van der Waals surface area contributed by atoms with Gasteiger partial charge in [0.25, 0.3) is 0 Å². The smallest absolute Gasteiger partial charge is 0.339 e. The van der Waals surface area contributed by atoms with Crippen LogP contribution >= 0.6 is 15.9 Å². The third-order valence-electron chi connectivity index (χ3n) is 4.71. The summed E-state index contributed by atoms with van der Waals surface area (Å²) >= 11 is 2.91. The SMILES string of the molecule is Cc1c(Br)c(C(F)(F)F)nn1CC(=O)N1CCN(Cc2cccc(F)c2)CC1. The van der Waals surface area contributed by atoms with Crippen LogP contribution in [0.1, 0.15) is 17.0 Å². The van der Waals surface area contributed by atoms with Gasteiger partial charge in [0, 0.05) is 32.7 Å². The van der Waals surface area contributed by atoms with E-state index >= 15 is 0 Å². The van der Waals surface area contributed by atoms with Gasteiger partial charge in [-0.1, -0.05) is 12.1 Å². The van der Waals surface area contributed by atoms with Crippen LogP contribution in [0.5, 0.6) is 0 Å². The number of rotatable bonds is 4. The zero-order valence-corrected chi connectivity index (χ0v) is 16.7. The highest BCUT2D eigenvalue weighted by Crippen LogP contribution is 2.35. The molecule has 152 valence electrons. The predicted molar refractivity (Wildman–Crippen MR) is 97.9 cm³/mol. The fourth-order valence-electron chi connectivity index (χ4n) is 3.14. The summed E-state index contributed by atoms with van der Waals surface area (Å²) in [5.41, 5.74) is 0.0830. The van der Waals surface area contributed by atoms with Gasteiger partial charge in [0.05, 0.1) is 10.2 Å². The molecule has 0 aliphatic carbocycles. The minimum Gasteiger partial charge on any atom is -0.339 e. The van der Waals surface area contributed by atoms with Gasteiger partial charge < -0.3 is 4.90 Å². The number of piperazine rings is 1. The average Bonchev–Trinajstić information content (AvgIpc) is 2.91. The average molecular weight is 463 g/mol. The number of benzene rings is 1. The van der Waals surface area contributed by atoms with E-state index in [1.807, 2.05) is 6.07 Å². The Bertz CT molecular complexity index is 860. The van der Waals surface area contributed by atoms with E-state index in [1.165, 1.54) is 19.1 Å². The number of hydrogen-bond donors (Lipinski definition) is 0. The zero-order valence-electron chi connectivity index (χ0n) is 15.1. The van der Waals surface area contributed by atoms with Crippen LogP contribution in [-0.2, 0) is 24.1 Å². The van der Waals surface area contributed by atoms with E-state index in [0.29, 0.717) is 32.7 Å². The van der Waals surface area contributed by atoms with Crippen molar-refractivity contribution in [1.29, 1.82) is 0 Å². The predicted octanol–water partition coefficient (Wildman–Crippen LogP) is 3.46. The number of halogens is 5. The fraction of sp³-hybridized carbons (Fsp3) is 0.444. The lowest BCUT2D eigenvalue weighted by Gasteiger charge is -2.34. The number of carbonyl (C=O) groups is 1. The Hall–Kier alpha value is -1.94. The minimum absolute atomic E-state index is 0.146. The van der Waals surface area contributed by atoms with Crippen molar-refractivity contribution in [3.05, 3.63) is 51.5 Å². The van der Waals surface area contributed by atoms with Crippen molar-refractivity contribution in [2.75, 3.05) is 26.2 Å². The van der Waals surface area contributed by atoms with Crippen molar-refractivity contribution in [3.63, 3.8) is 0 Å². The van der Waals surface area contributed by atoms with Crippen molar-refractivity contribution < 1.29 is 22.4 Å². The lowest BCUT2D eigenvalue weighted by molar-refractivity contribution is -0.142. The van der Waals surface area contributed by atoms with Crippen LogP contribution in [0.15, 0.2) is 28.7 Å². The van der Waals surface area contributed by atoms with E-state index in [2.05, 4.69) is 25.9 Å². The van der Waals surface area contributed by atoms with Gasteiger partial charge in [-0.25, -0.2) is 4.39 Å². The molecule has 3 rings (SSSR count). The van der Waals surface area contributed by atoms with Gasteiger partial charge in [0.2, 0.25) is 5.91 Å². The molecule has 1 saturated heterocycles. The Kier molecular flexibility index (Phi) is 6.09. The summed E-state index contributed by atoms with van der Waals surface area (Å²) in [7, 11) is 0. The first-order chi connectivity index (χ1) is 13.1. The number of amides is 1. The molecule has 0 radical (unpaired) electrons. The lowest BCUT2D eigenvalue weighted by Crippen LogP contribution is -2.49. The van der Waals surface area contributed by atoms with Gasteiger partial charge in [-0.3, -0.25) is 14.4 Å². The molecule has 2 aromatic rings. The first-order valence-corrected chi connectivity index (χ1v) is 9.49. The highest BCUT2D eigenvalue weighted by molar-refractivity contribution is 9.10. The molecule has 0 atom stereocenters. The second-order valence-electron chi connectivity index (χ2n) is 6.69. The maximum atomic E-state index is 13.3. The van der Waals surface area contributed by atoms with Crippen LogP contribution in [-0.4, -0.2) is 51.7 Å². The van der Waals surface area contributed by atoms with Gasteiger partial charge in [0.15, 0.2) is 5.69 Å². The maximum absolute atomic E-state index is 13.3. The van der Waals surface area contributed by atoms with E-state index < -0.39 is 11.9 Å². The van der Waals surface area contributed by atoms with Crippen LogP contribution in [0.25, 0.3) is 0 Å². The quantitative estimate of drug-likeness (QED) is 0.653. The molecule has 1 amide bonds. The Labute approximate surface area is 168 Å². The summed E-state index contributed by atoms with van der Waals surface area (Å²) in [4.78, 5) is 16.2. The second-order valence-corrected chi connectivity index (χ2v) is 7.48. The summed E-state index contributed by atoms with van der Waals surface area (Å²) in [5, 5.41) is 3.55. The molecule has 0 bridgehead atoms. The van der Waals surface area contributed by atoms with Gasteiger partial charge in [-0.15, -0.1) is 0 Å². The molecule has 1 fully saturated rings. The number of aromatic nitrogens is 2. The Morgan fingerprint density at radius 1 is 1.21 bits per heavy atom. The van der Waals surface area contributed by atoms with Gasteiger partial charge in [-0.05, 0) is 40.5 Å². The lowest BCUT2D eigenvalue weighted by atomic mass is 10.2. The number of hydrogen-bond acceptors (Lipinski definition) is 3. The molecule has 10 heteroatoms. The van der Waals surface area contributed by atoms with E-state index in [4.69, 9.17) is 0 Å². The molecule has 0 N–H and O–H groups in total. The third-order valence-corrected chi connectivity index (χ3v) is 5.66. The molecule has 2 heterocycles. The molecular weight excluding hydrogens is 444 g/mol. The van der Waals surface area contributed by atoms with Crippen LogP contribution in [0.2, 0.25) is 0 Å². The number of nitrogens with zero attached hydrogens (tertiary/aromatic N) is 4. The molecule has 0 spiro atoms. The van der Waals surface area contributed by atoms with Crippen LogP contribution < -0.4 is 0 Å². The minimum atomic E-state index is -4.58. The zero-order chi connectivity index (χ0) is 20.5. The number of carbonyl (C=O) groups excluding carboxylic acids is 1. The maximum Gasteiger partial charge on any atom is 0.436 e. The summed E-state index contributed by atoms with van der Waals surface area (Å²) in [6.45, 7) is 3.96. The van der Waals surface area contributed by atoms with Crippen molar-refractivity contribution in [1.82, 2.24) is 19.6 Å². The summed E-state index contributed by atoms with van der Waals surface area (Å²) < 4.78 is 53.1. The normalized spacial score (nSPS) is 15.9. The van der Waals surface area contributed by atoms with Crippen molar-refractivity contribution in [2.24, 2.45) is 0 Å². The highest BCUT2D eigenvalue weighted by atomic mass is 79.9. The van der Waals surface area contributed by atoms with E-state index in [0.717, 1.165) is 10.2 Å². The third kappa shape index (κ3) is 4.72. The first-order valence-electron chi connectivity index (χ1n) is 8.70. The Morgan fingerprint density at radius 3 is 2.46 bits per heavy atom. The monoisotopic (exact) mass is 462 g/mol. The topological polar surface area (TPSA) is 41.4 Å². The van der Waals surface area contributed by atoms with Crippen LogP contribution in [0.3, 0.4) is 0 Å². The molecule has 1 aliphatic rings. The molecule has 1 aromatic heterocycles. The molecular formula is C18H19BrF4N4O.